The minimum absolute atomic E-state index is 0.0753. The second-order valence-corrected chi connectivity index (χ2v) is 5.88. The van der Waals surface area contributed by atoms with Gasteiger partial charge in [-0.25, -0.2) is 4.98 Å². The van der Waals surface area contributed by atoms with Crippen LogP contribution in [0.4, 0.5) is 8.78 Å². The number of nitriles is 1. The van der Waals surface area contributed by atoms with Gasteiger partial charge in [0.25, 0.3) is 0 Å². The number of hydrogen-bond donors (Lipinski definition) is 0. The molecule has 0 aliphatic carbocycles. The third-order valence-corrected chi connectivity index (χ3v) is 4.22. The Bertz CT molecular complexity index is 913. The predicted octanol–water partition coefficient (Wildman–Crippen LogP) is 5.48. The van der Waals surface area contributed by atoms with Gasteiger partial charge in [-0.05, 0) is 23.8 Å². The molecule has 0 spiro atoms. The lowest BCUT2D eigenvalue weighted by Gasteiger charge is -2.04. The molecule has 3 nitrogen and oxygen atoms in total. The summed E-state index contributed by atoms with van der Waals surface area (Å²) in [4.78, 5) is 4.51. The van der Waals surface area contributed by atoms with Crippen LogP contribution in [0, 0.1) is 11.3 Å². The first kappa shape index (κ1) is 16.8. The highest BCUT2D eigenvalue weighted by molar-refractivity contribution is 7.11. The van der Waals surface area contributed by atoms with E-state index in [-0.39, 0.29) is 5.75 Å². The minimum Gasteiger partial charge on any atom is -0.435 e. The van der Waals surface area contributed by atoms with Gasteiger partial charge in [-0.1, -0.05) is 42.5 Å². The second kappa shape index (κ2) is 7.69. The van der Waals surface area contributed by atoms with Crippen LogP contribution in [0.25, 0.3) is 22.9 Å². The van der Waals surface area contributed by atoms with Crippen LogP contribution in [0.1, 0.15) is 10.6 Å². The van der Waals surface area contributed by atoms with Crippen LogP contribution in [-0.4, -0.2) is 11.6 Å². The van der Waals surface area contributed by atoms with Crippen molar-refractivity contribution in [1.82, 2.24) is 4.98 Å². The molecular weight excluding hydrogens is 342 g/mol. The van der Waals surface area contributed by atoms with Crippen molar-refractivity contribution in [2.24, 2.45) is 0 Å². The number of hydrogen-bond acceptors (Lipinski definition) is 4. The Morgan fingerprint density at radius 1 is 1.12 bits per heavy atom. The Morgan fingerprint density at radius 3 is 2.48 bits per heavy atom. The minimum atomic E-state index is -2.86. The Balaban J connectivity index is 1.84. The fourth-order valence-electron chi connectivity index (χ4n) is 2.19. The molecule has 0 atom stereocenters. The van der Waals surface area contributed by atoms with Gasteiger partial charge >= 0.3 is 6.61 Å². The SMILES string of the molecule is N#CC(=Cc1ccc(OC(F)F)cc1)c1nc(-c2ccccc2)cs1. The predicted molar refractivity (Wildman–Crippen MR) is 94.1 cm³/mol. The van der Waals surface area contributed by atoms with Crippen LogP contribution in [0.3, 0.4) is 0 Å². The van der Waals surface area contributed by atoms with Gasteiger partial charge in [0.05, 0.1) is 11.3 Å². The van der Waals surface area contributed by atoms with Gasteiger partial charge in [0, 0.05) is 10.9 Å². The summed E-state index contributed by atoms with van der Waals surface area (Å²) in [5, 5.41) is 11.9. The summed E-state index contributed by atoms with van der Waals surface area (Å²) in [6.45, 7) is -2.86. The number of nitrogens with zero attached hydrogens (tertiary/aromatic N) is 2. The fraction of sp³-hybridized carbons (Fsp3) is 0.0526. The molecular formula is C19H12F2N2OS. The maximum atomic E-state index is 12.2. The zero-order chi connectivity index (χ0) is 17.6. The van der Waals surface area contributed by atoms with E-state index in [0.29, 0.717) is 16.1 Å². The standard InChI is InChI=1S/C19H12F2N2OS/c20-19(21)24-16-8-6-13(7-9-16)10-15(11-22)18-23-17(12-25-18)14-4-2-1-3-5-14/h1-10,12,19H. The van der Waals surface area contributed by atoms with Crippen molar-refractivity contribution in [1.29, 1.82) is 5.26 Å². The number of allylic oxidation sites excluding steroid dienone is 1. The molecule has 0 aliphatic rings. The van der Waals surface area contributed by atoms with E-state index in [9.17, 15) is 14.0 Å². The average molecular weight is 354 g/mol. The molecule has 0 fully saturated rings. The van der Waals surface area contributed by atoms with Crippen LogP contribution in [-0.2, 0) is 0 Å². The van der Waals surface area contributed by atoms with Gasteiger partial charge in [0.2, 0.25) is 0 Å². The van der Waals surface area contributed by atoms with Gasteiger partial charge in [-0.2, -0.15) is 14.0 Å². The number of aromatic nitrogens is 1. The molecule has 3 rings (SSSR count). The van der Waals surface area contributed by atoms with Gasteiger partial charge in [0.15, 0.2) is 0 Å². The van der Waals surface area contributed by atoms with Crippen molar-refractivity contribution in [3.63, 3.8) is 0 Å². The van der Waals surface area contributed by atoms with Crippen LogP contribution in [0.2, 0.25) is 0 Å². The molecule has 1 aromatic heterocycles. The third-order valence-electron chi connectivity index (χ3n) is 3.34. The highest BCUT2D eigenvalue weighted by atomic mass is 32.1. The van der Waals surface area contributed by atoms with Crippen molar-refractivity contribution in [3.05, 3.63) is 70.5 Å². The molecule has 6 heteroatoms. The normalized spacial score (nSPS) is 11.4. The lowest BCUT2D eigenvalue weighted by molar-refractivity contribution is -0.0498. The van der Waals surface area contributed by atoms with E-state index in [1.165, 1.54) is 23.5 Å². The maximum Gasteiger partial charge on any atom is 0.387 e. The largest absolute Gasteiger partial charge is 0.435 e. The van der Waals surface area contributed by atoms with Crippen LogP contribution >= 0.6 is 11.3 Å². The monoisotopic (exact) mass is 354 g/mol. The number of benzene rings is 2. The molecule has 2 aromatic carbocycles. The van der Waals surface area contributed by atoms with E-state index in [2.05, 4.69) is 15.8 Å². The van der Waals surface area contributed by atoms with Crippen molar-refractivity contribution in [2.45, 2.75) is 6.61 Å². The molecule has 1 heterocycles. The Labute approximate surface area is 147 Å². The van der Waals surface area contributed by atoms with E-state index < -0.39 is 6.61 Å². The summed E-state index contributed by atoms with van der Waals surface area (Å²) in [7, 11) is 0. The van der Waals surface area contributed by atoms with Gasteiger partial charge in [0.1, 0.15) is 16.8 Å². The smallest absolute Gasteiger partial charge is 0.387 e. The number of alkyl halides is 2. The number of ether oxygens (including phenoxy) is 1. The first-order valence-electron chi connectivity index (χ1n) is 7.33. The van der Waals surface area contributed by atoms with Crippen molar-refractivity contribution in [3.8, 4) is 23.1 Å². The van der Waals surface area contributed by atoms with Gasteiger partial charge < -0.3 is 4.74 Å². The summed E-state index contributed by atoms with van der Waals surface area (Å²) in [6.07, 6.45) is 1.67. The maximum absolute atomic E-state index is 12.2. The third kappa shape index (κ3) is 4.28. The van der Waals surface area contributed by atoms with E-state index in [1.807, 2.05) is 35.7 Å². The zero-order valence-electron chi connectivity index (χ0n) is 12.9. The fourth-order valence-corrected chi connectivity index (χ4v) is 2.99. The molecule has 0 radical (unpaired) electrons. The Hall–Kier alpha value is -3.04. The highest BCUT2D eigenvalue weighted by Gasteiger charge is 2.09. The van der Waals surface area contributed by atoms with Crippen molar-refractivity contribution < 1.29 is 13.5 Å². The summed E-state index contributed by atoms with van der Waals surface area (Å²) >= 11 is 1.38. The molecule has 0 N–H and O–H groups in total. The summed E-state index contributed by atoms with van der Waals surface area (Å²) in [5.41, 5.74) is 2.91. The molecule has 0 amide bonds. The second-order valence-electron chi connectivity index (χ2n) is 5.02. The summed E-state index contributed by atoms with van der Waals surface area (Å²) < 4.78 is 28.6. The van der Waals surface area contributed by atoms with E-state index in [4.69, 9.17) is 0 Å². The lowest BCUT2D eigenvalue weighted by atomic mass is 10.1. The number of halogens is 2. The Kier molecular flexibility index (Phi) is 5.17. The van der Waals surface area contributed by atoms with Crippen molar-refractivity contribution in [2.75, 3.05) is 0 Å². The quantitative estimate of drug-likeness (QED) is 0.570. The molecule has 124 valence electrons. The van der Waals surface area contributed by atoms with E-state index >= 15 is 0 Å². The van der Waals surface area contributed by atoms with Crippen LogP contribution < -0.4 is 4.74 Å². The van der Waals surface area contributed by atoms with Gasteiger partial charge in [-0.15, -0.1) is 11.3 Å². The number of rotatable bonds is 5. The summed E-state index contributed by atoms with van der Waals surface area (Å²) in [6, 6.07) is 17.9. The Morgan fingerprint density at radius 2 is 1.84 bits per heavy atom. The molecule has 0 bridgehead atoms. The molecule has 0 saturated carbocycles. The topological polar surface area (TPSA) is 45.9 Å². The highest BCUT2D eigenvalue weighted by Crippen LogP contribution is 2.27. The average Bonchev–Trinajstić information content (AvgIpc) is 3.11. The zero-order valence-corrected chi connectivity index (χ0v) is 13.7. The first-order chi connectivity index (χ1) is 12.2. The van der Waals surface area contributed by atoms with E-state index in [1.54, 1.807) is 18.2 Å². The van der Waals surface area contributed by atoms with Crippen LogP contribution in [0.5, 0.6) is 5.75 Å². The molecule has 0 saturated heterocycles. The van der Waals surface area contributed by atoms with Crippen LogP contribution in [0.15, 0.2) is 60.0 Å². The summed E-state index contributed by atoms with van der Waals surface area (Å²) in [5.74, 6) is 0.0753. The molecule has 0 unspecified atom stereocenters. The van der Waals surface area contributed by atoms with E-state index in [0.717, 1.165) is 11.3 Å². The lowest BCUT2D eigenvalue weighted by Crippen LogP contribution is -2.01. The van der Waals surface area contributed by atoms with Crippen molar-refractivity contribution >= 4 is 23.0 Å². The van der Waals surface area contributed by atoms with Gasteiger partial charge in [-0.3, -0.25) is 0 Å². The molecule has 25 heavy (non-hydrogen) atoms. The number of thiazole rings is 1. The molecule has 0 aliphatic heterocycles. The molecule has 3 aromatic rings. The first-order valence-corrected chi connectivity index (χ1v) is 8.21.